The van der Waals surface area contributed by atoms with Gasteiger partial charge < -0.3 is 10.8 Å². The van der Waals surface area contributed by atoms with Gasteiger partial charge in [-0.25, -0.2) is 8.42 Å². The second-order valence-electron chi connectivity index (χ2n) is 4.87. The van der Waals surface area contributed by atoms with Gasteiger partial charge in [-0.3, -0.25) is 4.90 Å². The molecule has 0 radical (unpaired) electrons. The Morgan fingerprint density at radius 1 is 1.33 bits per heavy atom. The van der Waals surface area contributed by atoms with E-state index in [2.05, 4.69) is 0 Å². The molecule has 5 nitrogen and oxygen atoms in total. The van der Waals surface area contributed by atoms with E-state index in [1.54, 1.807) is 0 Å². The monoisotopic (exact) mass is 270 g/mol. The molecular weight excluding hydrogens is 252 g/mol. The molecule has 0 aromatic heterocycles. The van der Waals surface area contributed by atoms with Crippen LogP contribution in [0.5, 0.6) is 0 Å². The molecule has 18 heavy (non-hydrogen) atoms. The maximum atomic E-state index is 11.4. The number of likely N-dealkylation sites (N-methyl/N-ethyl adjacent to an activating group) is 1. The van der Waals surface area contributed by atoms with Crippen molar-refractivity contribution in [3.05, 3.63) is 29.8 Å². The van der Waals surface area contributed by atoms with Crippen molar-refractivity contribution in [2.24, 2.45) is 0 Å². The number of anilines is 1. The Kier molecular flexibility index (Phi) is 3.61. The number of aliphatic hydroxyl groups excluding tert-OH is 1. The molecule has 0 amide bonds. The summed E-state index contributed by atoms with van der Waals surface area (Å²) in [5.41, 5.74) is 7.35. The van der Waals surface area contributed by atoms with E-state index in [0.29, 0.717) is 12.2 Å². The number of nitrogen functional groups attached to an aromatic ring is 1. The van der Waals surface area contributed by atoms with Crippen LogP contribution in [0.2, 0.25) is 0 Å². The molecule has 0 unspecified atom stereocenters. The largest absolute Gasteiger partial charge is 0.399 e. The Balaban J connectivity index is 2.04. The summed E-state index contributed by atoms with van der Waals surface area (Å²) in [5.74, 6) is -0.108. The van der Waals surface area contributed by atoms with E-state index in [1.165, 1.54) is 0 Å². The van der Waals surface area contributed by atoms with Crippen molar-refractivity contribution in [2.75, 3.05) is 24.3 Å². The van der Waals surface area contributed by atoms with E-state index >= 15 is 0 Å². The highest BCUT2D eigenvalue weighted by Crippen LogP contribution is 2.19. The van der Waals surface area contributed by atoms with Crippen molar-refractivity contribution >= 4 is 15.5 Å². The van der Waals surface area contributed by atoms with Gasteiger partial charge in [0.1, 0.15) is 0 Å². The predicted molar refractivity (Wildman–Crippen MR) is 70.8 cm³/mol. The molecule has 1 aliphatic rings. The maximum absolute atomic E-state index is 11.4. The lowest BCUT2D eigenvalue weighted by Crippen LogP contribution is -2.40. The van der Waals surface area contributed by atoms with Crippen LogP contribution in [0.1, 0.15) is 5.56 Å². The summed E-state index contributed by atoms with van der Waals surface area (Å²) < 4.78 is 22.9. The molecule has 2 rings (SSSR count). The number of hydrogen-bond acceptors (Lipinski definition) is 5. The molecule has 2 atom stereocenters. The van der Waals surface area contributed by atoms with Crippen LogP contribution in [0.3, 0.4) is 0 Å². The van der Waals surface area contributed by atoms with Gasteiger partial charge in [-0.2, -0.15) is 0 Å². The van der Waals surface area contributed by atoms with Gasteiger partial charge in [0.15, 0.2) is 9.84 Å². The number of nitrogens with two attached hydrogens (primary N) is 1. The zero-order valence-corrected chi connectivity index (χ0v) is 11.1. The van der Waals surface area contributed by atoms with Crippen molar-refractivity contribution in [3.8, 4) is 0 Å². The second kappa shape index (κ2) is 4.87. The van der Waals surface area contributed by atoms with E-state index in [1.807, 2.05) is 36.2 Å². The number of rotatable bonds is 3. The summed E-state index contributed by atoms with van der Waals surface area (Å²) >= 11 is 0. The van der Waals surface area contributed by atoms with Gasteiger partial charge in [-0.05, 0) is 24.7 Å². The standard InChI is InChI=1S/C12H18N2O3S/c1-14(6-9-2-4-10(13)5-3-9)11-7-18(16,17)8-12(11)15/h2-5,11-12,15H,6-8,13H2,1H3/t11-,12-/m0/s1. The Hall–Kier alpha value is -1.11. The van der Waals surface area contributed by atoms with E-state index in [4.69, 9.17) is 5.73 Å². The van der Waals surface area contributed by atoms with Gasteiger partial charge in [0.25, 0.3) is 0 Å². The first-order valence-electron chi connectivity index (χ1n) is 5.80. The molecule has 0 spiro atoms. The zero-order chi connectivity index (χ0) is 13.3. The van der Waals surface area contributed by atoms with Crippen molar-refractivity contribution < 1.29 is 13.5 Å². The fraction of sp³-hybridized carbons (Fsp3) is 0.500. The van der Waals surface area contributed by atoms with Crippen LogP contribution in [0.25, 0.3) is 0 Å². The minimum atomic E-state index is -3.10. The molecule has 1 aromatic carbocycles. The number of hydrogen-bond donors (Lipinski definition) is 2. The molecule has 0 bridgehead atoms. The van der Waals surface area contributed by atoms with Gasteiger partial charge in [0, 0.05) is 12.2 Å². The molecule has 1 aliphatic heterocycles. The summed E-state index contributed by atoms with van der Waals surface area (Å²) in [6, 6.07) is 7.10. The zero-order valence-electron chi connectivity index (χ0n) is 10.3. The normalized spacial score (nSPS) is 26.6. The lowest BCUT2D eigenvalue weighted by atomic mass is 10.1. The Bertz CT molecular complexity index is 513. The molecule has 1 heterocycles. The Morgan fingerprint density at radius 2 is 1.94 bits per heavy atom. The van der Waals surface area contributed by atoms with Gasteiger partial charge in [0.05, 0.1) is 23.7 Å². The summed E-state index contributed by atoms with van der Waals surface area (Å²) in [4.78, 5) is 1.88. The smallest absolute Gasteiger partial charge is 0.154 e. The van der Waals surface area contributed by atoms with Crippen LogP contribution in [0.15, 0.2) is 24.3 Å². The van der Waals surface area contributed by atoms with Crippen LogP contribution < -0.4 is 5.73 Å². The first-order chi connectivity index (χ1) is 8.37. The summed E-state index contributed by atoms with van der Waals surface area (Å²) in [6.45, 7) is 0.595. The van der Waals surface area contributed by atoms with Crippen LogP contribution in [0, 0.1) is 0 Å². The SMILES string of the molecule is CN(Cc1ccc(N)cc1)[C@H]1CS(=O)(=O)C[C@@H]1O. The fourth-order valence-corrected chi connectivity index (χ4v) is 4.14. The van der Waals surface area contributed by atoms with Gasteiger partial charge in [0.2, 0.25) is 0 Å². The predicted octanol–water partition coefficient (Wildman–Crippen LogP) is -0.141. The first-order valence-corrected chi connectivity index (χ1v) is 7.63. The fourth-order valence-electron chi connectivity index (χ4n) is 2.26. The topological polar surface area (TPSA) is 83.6 Å². The number of aliphatic hydroxyl groups is 1. The summed E-state index contributed by atoms with van der Waals surface area (Å²) in [6.07, 6.45) is -0.797. The lowest BCUT2D eigenvalue weighted by molar-refractivity contribution is 0.0958. The maximum Gasteiger partial charge on any atom is 0.154 e. The molecule has 0 saturated carbocycles. The van der Waals surface area contributed by atoms with Crippen LogP contribution in [-0.4, -0.2) is 49.1 Å². The third-order valence-corrected chi connectivity index (χ3v) is 4.97. The molecule has 1 aromatic rings. The highest BCUT2D eigenvalue weighted by molar-refractivity contribution is 7.91. The van der Waals surface area contributed by atoms with Crippen LogP contribution in [-0.2, 0) is 16.4 Å². The minimum Gasteiger partial charge on any atom is -0.399 e. The molecule has 0 aliphatic carbocycles. The molecule has 3 N–H and O–H groups in total. The average molecular weight is 270 g/mol. The third kappa shape index (κ3) is 3.01. The van der Waals surface area contributed by atoms with E-state index < -0.39 is 15.9 Å². The van der Waals surface area contributed by atoms with Crippen LogP contribution in [0.4, 0.5) is 5.69 Å². The highest BCUT2D eigenvalue weighted by atomic mass is 32.2. The van der Waals surface area contributed by atoms with E-state index in [-0.39, 0.29) is 17.5 Å². The van der Waals surface area contributed by atoms with E-state index in [0.717, 1.165) is 5.56 Å². The number of nitrogens with zero attached hydrogens (tertiary/aromatic N) is 1. The van der Waals surface area contributed by atoms with Gasteiger partial charge >= 0.3 is 0 Å². The number of benzene rings is 1. The summed E-state index contributed by atoms with van der Waals surface area (Å²) in [7, 11) is -1.28. The summed E-state index contributed by atoms with van der Waals surface area (Å²) in [5, 5.41) is 9.78. The Labute approximate surface area is 107 Å². The van der Waals surface area contributed by atoms with Gasteiger partial charge in [-0.15, -0.1) is 0 Å². The van der Waals surface area contributed by atoms with Crippen molar-refractivity contribution in [3.63, 3.8) is 0 Å². The Morgan fingerprint density at radius 3 is 2.44 bits per heavy atom. The first kappa shape index (κ1) is 13.3. The van der Waals surface area contributed by atoms with Crippen molar-refractivity contribution in [1.82, 2.24) is 4.90 Å². The molecule has 1 saturated heterocycles. The van der Waals surface area contributed by atoms with Crippen molar-refractivity contribution in [1.29, 1.82) is 0 Å². The van der Waals surface area contributed by atoms with E-state index in [9.17, 15) is 13.5 Å². The third-order valence-electron chi connectivity index (χ3n) is 3.27. The molecule has 100 valence electrons. The quantitative estimate of drug-likeness (QED) is 0.747. The molecular formula is C12H18N2O3S. The number of sulfone groups is 1. The second-order valence-corrected chi connectivity index (χ2v) is 7.02. The minimum absolute atomic E-state index is 0.0274. The average Bonchev–Trinajstić information content (AvgIpc) is 2.55. The van der Waals surface area contributed by atoms with Crippen LogP contribution >= 0.6 is 0 Å². The van der Waals surface area contributed by atoms with Crippen molar-refractivity contribution in [2.45, 2.75) is 18.7 Å². The molecule has 1 fully saturated rings. The lowest BCUT2D eigenvalue weighted by Gasteiger charge is -2.25. The molecule has 6 heteroatoms. The highest BCUT2D eigenvalue weighted by Gasteiger charge is 2.38. The van der Waals surface area contributed by atoms with Gasteiger partial charge in [-0.1, -0.05) is 12.1 Å².